The molecule has 0 aromatic heterocycles. The average molecular weight is 379 g/mol. The van der Waals surface area contributed by atoms with Crippen LogP contribution in [0, 0.1) is 21.8 Å². The Hall–Kier alpha value is -2.67. The van der Waals surface area contributed by atoms with E-state index in [9.17, 15) is 19.3 Å². The van der Waals surface area contributed by atoms with Gasteiger partial charge in [-0.05, 0) is 24.1 Å². The monoisotopic (exact) mass is 378 g/mol. The second kappa shape index (κ2) is 6.92. The molecule has 1 atom stereocenters. The zero-order chi connectivity index (χ0) is 19.0. The van der Waals surface area contributed by atoms with Crippen molar-refractivity contribution in [3.63, 3.8) is 0 Å². The molecule has 0 aliphatic carbocycles. The Kier molecular flexibility index (Phi) is 4.82. The fourth-order valence-electron chi connectivity index (χ4n) is 2.82. The van der Waals surface area contributed by atoms with Crippen LogP contribution in [0.25, 0.3) is 0 Å². The van der Waals surface area contributed by atoms with Crippen molar-refractivity contribution >= 4 is 28.9 Å². The van der Waals surface area contributed by atoms with Gasteiger partial charge in [-0.2, -0.15) is 0 Å². The maximum atomic E-state index is 14.2. The molecule has 0 spiro atoms. The zero-order valence-electron chi connectivity index (χ0n) is 14.1. The summed E-state index contributed by atoms with van der Waals surface area (Å²) in [6.07, 6.45) is -0.769. The van der Waals surface area contributed by atoms with Gasteiger partial charge in [0.1, 0.15) is 11.6 Å². The third kappa shape index (κ3) is 3.22. The van der Waals surface area contributed by atoms with Gasteiger partial charge in [0.25, 0.3) is 11.6 Å². The summed E-state index contributed by atoms with van der Waals surface area (Å²) in [6, 6.07) is 8.25. The van der Waals surface area contributed by atoms with Gasteiger partial charge >= 0.3 is 0 Å². The van der Waals surface area contributed by atoms with E-state index in [2.05, 4.69) is 0 Å². The third-order valence-corrected chi connectivity index (χ3v) is 4.55. The van der Waals surface area contributed by atoms with Crippen LogP contribution in [0.5, 0.6) is 5.75 Å². The van der Waals surface area contributed by atoms with Crippen LogP contribution in [-0.4, -0.2) is 16.9 Å². The lowest BCUT2D eigenvalue weighted by molar-refractivity contribution is -0.384. The number of ether oxygens (including phenoxy) is 1. The molecule has 2 aromatic carbocycles. The topological polar surface area (TPSA) is 72.7 Å². The van der Waals surface area contributed by atoms with E-state index in [-0.39, 0.29) is 34.4 Å². The number of hydrogen-bond donors (Lipinski definition) is 0. The number of carbonyl (C=O) groups excluding carboxylic acids is 1. The number of halogens is 2. The molecule has 1 aliphatic heterocycles. The molecule has 1 aliphatic rings. The van der Waals surface area contributed by atoms with Gasteiger partial charge in [-0.3, -0.25) is 14.9 Å². The number of fused-ring (bicyclic) bond motifs is 1. The van der Waals surface area contributed by atoms with Crippen LogP contribution >= 0.6 is 11.6 Å². The highest BCUT2D eigenvalue weighted by Crippen LogP contribution is 2.39. The van der Waals surface area contributed by atoms with Crippen molar-refractivity contribution < 1.29 is 18.8 Å². The Labute approximate surface area is 154 Å². The first kappa shape index (κ1) is 18.1. The molecule has 1 unspecified atom stereocenters. The van der Waals surface area contributed by atoms with Crippen LogP contribution in [0.2, 0.25) is 5.02 Å². The molecule has 0 radical (unpaired) electrons. The van der Waals surface area contributed by atoms with Gasteiger partial charge in [-0.1, -0.05) is 31.5 Å². The first-order valence-electron chi connectivity index (χ1n) is 7.99. The summed E-state index contributed by atoms with van der Waals surface area (Å²) < 4.78 is 19.9. The average Bonchev–Trinajstić information content (AvgIpc) is 2.58. The van der Waals surface area contributed by atoms with Gasteiger partial charge in [-0.25, -0.2) is 4.39 Å². The Morgan fingerprint density at radius 2 is 2.08 bits per heavy atom. The molecule has 26 heavy (non-hydrogen) atoms. The van der Waals surface area contributed by atoms with Crippen molar-refractivity contribution in [3.8, 4) is 5.75 Å². The van der Waals surface area contributed by atoms with Gasteiger partial charge in [0.05, 0.1) is 17.2 Å². The van der Waals surface area contributed by atoms with E-state index in [4.69, 9.17) is 16.3 Å². The molecule has 6 nitrogen and oxygen atoms in total. The molecule has 0 saturated heterocycles. The largest absolute Gasteiger partial charge is 0.478 e. The number of nitrogens with zero attached hydrogens (tertiary/aromatic N) is 2. The summed E-state index contributed by atoms with van der Waals surface area (Å²) in [7, 11) is 0. The van der Waals surface area contributed by atoms with E-state index in [1.54, 1.807) is 0 Å². The molecule has 1 heterocycles. The van der Waals surface area contributed by atoms with Crippen molar-refractivity contribution in [2.75, 3.05) is 4.90 Å². The van der Waals surface area contributed by atoms with Gasteiger partial charge in [0.15, 0.2) is 6.10 Å². The van der Waals surface area contributed by atoms with E-state index < -0.39 is 22.8 Å². The molecule has 1 amide bonds. The Balaban J connectivity index is 2.10. The molecule has 0 bridgehead atoms. The van der Waals surface area contributed by atoms with Gasteiger partial charge in [0.2, 0.25) is 0 Å². The van der Waals surface area contributed by atoms with Crippen molar-refractivity contribution in [1.82, 2.24) is 0 Å². The number of hydrogen-bond acceptors (Lipinski definition) is 4. The number of benzene rings is 2. The van der Waals surface area contributed by atoms with Gasteiger partial charge in [0, 0.05) is 22.7 Å². The normalized spacial score (nSPS) is 16.4. The van der Waals surface area contributed by atoms with Crippen LogP contribution in [-0.2, 0) is 11.3 Å². The highest BCUT2D eigenvalue weighted by molar-refractivity contribution is 6.31. The third-order valence-electron chi connectivity index (χ3n) is 4.19. The van der Waals surface area contributed by atoms with E-state index in [0.717, 1.165) is 0 Å². The summed E-state index contributed by atoms with van der Waals surface area (Å²) >= 11 is 6.09. The Morgan fingerprint density at radius 3 is 2.69 bits per heavy atom. The van der Waals surface area contributed by atoms with Crippen LogP contribution in [0.3, 0.4) is 0 Å². The standard InChI is InChI=1S/C18H16ClFN2O4/c1-10(2)17-18(23)21(9-12-13(19)4-3-5-14(12)20)15-8-11(22(24)25)6-7-16(15)26-17/h3-8,10,17H,9H2,1-2H3. The smallest absolute Gasteiger partial charge is 0.271 e. The molecule has 3 rings (SSSR count). The minimum Gasteiger partial charge on any atom is -0.478 e. The fourth-order valence-corrected chi connectivity index (χ4v) is 3.04. The second-order valence-corrected chi connectivity index (χ2v) is 6.72. The van der Waals surface area contributed by atoms with Crippen LogP contribution in [0.1, 0.15) is 19.4 Å². The molecule has 0 saturated carbocycles. The number of carbonyl (C=O) groups is 1. The minimum absolute atomic E-state index is 0.135. The van der Waals surface area contributed by atoms with Crippen LogP contribution in [0.15, 0.2) is 36.4 Å². The number of nitro groups is 1. The first-order valence-corrected chi connectivity index (χ1v) is 8.36. The molecule has 0 fully saturated rings. The van der Waals surface area contributed by atoms with Crippen molar-refractivity contribution in [2.24, 2.45) is 5.92 Å². The first-order chi connectivity index (χ1) is 12.3. The van der Waals surface area contributed by atoms with Crippen molar-refractivity contribution in [1.29, 1.82) is 0 Å². The molecule has 2 aromatic rings. The lowest BCUT2D eigenvalue weighted by atomic mass is 10.0. The van der Waals surface area contributed by atoms with Crippen LogP contribution < -0.4 is 9.64 Å². The molecule has 136 valence electrons. The summed E-state index contributed by atoms with van der Waals surface area (Å²) in [5.74, 6) is -0.747. The Morgan fingerprint density at radius 1 is 1.35 bits per heavy atom. The van der Waals surface area contributed by atoms with Crippen molar-refractivity contribution in [3.05, 3.63) is 62.9 Å². The summed E-state index contributed by atoms with van der Waals surface area (Å²) in [4.78, 5) is 24.7. The van der Waals surface area contributed by atoms with Crippen molar-refractivity contribution in [2.45, 2.75) is 26.5 Å². The molecular formula is C18H16ClFN2O4. The number of nitro benzene ring substituents is 1. The van der Waals surface area contributed by atoms with E-state index in [0.29, 0.717) is 5.75 Å². The number of rotatable bonds is 4. The second-order valence-electron chi connectivity index (χ2n) is 6.32. The maximum absolute atomic E-state index is 14.2. The fraction of sp³-hybridized carbons (Fsp3) is 0.278. The van der Waals surface area contributed by atoms with E-state index in [1.165, 1.54) is 41.3 Å². The lowest BCUT2D eigenvalue weighted by Crippen LogP contribution is -2.48. The molecule has 0 N–H and O–H groups in total. The molecular weight excluding hydrogens is 363 g/mol. The highest BCUT2D eigenvalue weighted by atomic mass is 35.5. The summed E-state index contributed by atoms with van der Waals surface area (Å²) in [6.45, 7) is 3.51. The Bertz CT molecular complexity index is 867. The number of non-ortho nitro benzene ring substituents is 1. The summed E-state index contributed by atoms with van der Waals surface area (Å²) in [5.41, 5.74) is 0.178. The number of amides is 1. The predicted molar refractivity (Wildman–Crippen MR) is 95.0 cm³/mol. The SMILES string of the molecule is CC(C)C1Oc2ccc([N+](=O)[O-])cc2N(Cc2c(F)cccc2Cl)C1=O. The maximum Gasteiger partial charge on any atom is 0.271 e. The summed E-state index contributed by atoms with van der Waals surface area (Å²) in [5, 5.41) is 11.3. The van der Waals surface area contributed by atoms with Gasteiger partial charge < -0.3 is 9.64 Å². The van der Waals surface area contributed by atoms with Crippen LogP contribution in [0.4, 0.5) is 15.8 Å². The molecule has 8 heteroatoms. The van der Waals surface area contributed by atoms with E-state index >= 15 is 0 Å². The predicted octanol–water partition coefficient (Wildman–Crippen LogP) is 4.34. The van der Waals surface area contributed by atoms with E-state index in [1.807, 2.05) is 13.8 Å². The quantitative estimate of drug-likeness (QED) is 0.586. The number of anilines is 1. The minimum atomic E-state index is -0.769. The zero-order valence-corrected chi connectivity index (χ0v) is 14.9. The lowest BCUT2D eigenvalue weighted by Gasteiger charge is -2.36. The highest BCUT2D eigenvalue weighted by Gasteiger charge is 2.37. The van der Waals surface area contributed by atoms with Gasteiger partial charge in [-0.15, -0.1) is 0 Å².